The molecular formula is C62H120O17P2. The number of phosphoric ester groups is 2. The number of aliphatic hydroxyl groups excluding tert-OH is 1. The highest BCUT2D eigenvalue weighted by atomic mass is 31.2. The highest BCUT2D eigenvalue weighted by molar-refractivity contribution is 7.47. The van der Waals surface area contributed by atoms with Crippen molar-refractivity contribution >= 4 is 39.5 Å². The molecule has 19 heteroatoms. The van der Waals surface area contributed by atoms with Crippen LogP contribution in [-0.2, 0) is 65.4 Å². The number of esters is 4. The van der Waals surface area contributed by atoms with Crippen LogP contribution in [0.25, 0.3) is 0 Å². The molecule has 0 aromatic heterocycles. The fourth-order valence-electron chi connectivity index (χ4n) is 9.09. The summed E-state index contributed by atoms with van der Waals surface area (Å²) in [6.45, 7) is 11.6. The van der Waals surface area contributed by atoms with Crippen molar-refractivity contribution in [2.45, 2.75) is 317 Å². The van der Waals surface area contributed by atoms with Gasteiger partial charge in [-0.2, -0.15) is 0 Å². The fraction of sp³-hybridized carbons (Fsp3) is 0.935. The van der Waals surface area contributed by atoms with E-state index in [1.165, 1.54) is 103 Å². The van der Waals surface area contributed by atoms with Gasteiger partial charge in [-0.05, 0) is 43.4 Å². The van der Waals surface area contributed by atoms with E-state index in [1.54, 1.807) is 0 Å². The lowest BCUT2D eigenvalue weighted by atomic mass is 9.99. The molecule has 3 N–H and O–H groups in total. The predicted molar refractivity (Wildman–Crippen MR) is 321 cm³/mol. The monoisotopic (exact) mass is 1200 g/mol. The molecule has 0 aliphatic carbocycles. The maximum absolute atomic E-state index is 13.0. The molecule has 0 rings (SSSR count). The van der Waals surface area contributed by atoms with Crippen LogP contribution in [0.15, 0.2) is 0 Å². The minimum absolute atomic E-state index is 0.101. The van der Waals surface area contributed by atoms with Gasteiger partial charge in [-0.1, -0.05) is 248 Å². The highest BCUT2D eigenvalue weighted by Gasteiger charge is 2.30. The van der Waals surface area contributed by atoms with Gasteiger partial charge in [-0.25, -0.2) is 9.13 Å². The maximum Gasteiger partial charge on any atom is 0.472 e. The summed E-state index contributed by atoms with van der Waals surface area (Å²) >= 11 is 0. The first-order valence-corrected chi connectivity index (χ1v) is 35.4. The van der Waals surface area contributed by atoms with Crippen LogP contribution in [0, 0.1) is 17.8 Å². The summed E-state index contributed by atoms with van der Waals surface area (Å²) < 4.78 is 67.7. The van der Waals surface area contributed by atoms with Gasteiger partial charge in [0.25, 0.3) is 0 Å². The summed E-state index contributed by atoms with van der Waals surface area (Å²) in [6, 6.07) is 0. The van der Waals surface area contributed by atoms with Crippen molar-refractivity contribution in [2.75, 3.05) is 39.6 Å². The van der Waals surface area contributed by atoms with Gasteiger partial charge < -0.3 is 33.8 Å². The molecule has 81 heavy (non-hydrogen) atoms. The normalized spacial score (nSPS) is 14.8. The number of hydrogen-bond acceptors (Lipinski definition) is 15. The van der Waals surface area contributed by atoms with Crippen molar-refractivity contribution in [3.05, 3.63) is 0 Å². The van der Waals surface area contributed by atoms with E-state index in [4.69, 9.17) is 37.0 Å². The molecule has 0 aliphatic rings. The molecule has 6 atom stereocenters. The summed E-state index contributed by atoms with van der Waals surface area (Å²) in [5, 5.41) is 10.5. The van der Waals surface area contributed by atoms with Gasteiger partial charge in [0.15, 0.2) is 12.2 Å². The second-order valence-electron chi connectivity index (χ2n) is 23.6. The topological polar surface area (TPSA) is 237 Å². The molecule has 0 aromatic carbocycles. The smallest absolute Gasteiger partial charge is 0.462 e. The predicted octanol–water partition coefficient (Wildman–Crippen LogP) is 16.7. The first-order valence-electron chi connectivity index (χ1n) is 32.4. The minimum atomic E-state index is -4.94. The average molecular weight is 1200 g/mol. The summed E-state index contributed by atoms with van der Waals surface area (Å²) in [5.74, 6) is 0.0786. The van der Waals surface area contributed by atoms with E-state index in [1.807, 2.05) is 0 Å². The second kappa shape index (κ2) is 53.5. The number of unbranched alkanes of at least 4 members (excludes halogenated alkanes) is 27. The Balaban J connectivity index is 5.19. The van der Waals surface area contributed by atoms with Crippen molar-refractivity contribution in [2.24, 2.45) is 17.8 Å². The Morgan fingerprint density at radius 3 is 0.938 bits per heavy atom. The number of carbonyl (C=O) groups is 4. The molecule has 0 saturated carbocycles. The molecule has 0 amide bonds. The molecule has 3 unspecified atom stereocenters. The highest BCUT2D eigenvalue weighted by Crippen LogP contribution is 2.45. The summed E-state index contributed by atoms with van der Waals surface area (Å²) in [4.78, 5) is 71.9. The molecule has 0 saturated heterocycles. The van der Waals surface area contributed by atoms with Gasteiger partial charge in [0.05, 0.1) is 26.4 Å². The number of carbonyl (C=O) groups excluding carboxylic acids is 4. The molecular weight excluding hydrogens is 1080 g/mol. The third kappa shape index (κ3) is 55.7. The molecule has 0 bridgehead atoms. The van der Waals surface area contributed by atoms with Crippen LogP contribution in [0.1, 0.15) is 299 Å². The lowest BCUT2D eigenvalue weighted by Gasteiger charge is -2.21. The van der Waals surface area contributed by atoms with Crippen molar-refractivity contribution in [3.8, 4) is 0 Å². The molecule has 0 heterocycles. The number of hydrogen-bond donors (Lipinski definition) is 3. The van der Waals surface area contributed by atoms with Gasteiger partial charge in [0, 0.05) is 25.7 Å². The number of aliphatic hydroxyl groups is 1. The van der Waals surface area contributed by atoms with Crippen LogP contribution < -0.4 is 0 Å². The van der Waals surface area contributed by atoms with E-state index >= 15 is 0 Å². The molecule has 17 nitrogen and oxygen atoms in total. The lowest BCUT2D eigenvalue weighted by Crippen LogP contribution is -2.30. The molecule has 0 aromatic rings. The van der Waals surface area contributed by atoms with Crippen LogP contribution in [0.3, 0.4) is 0 Å². The van der Waals surface area contributed by atoms with E-state index in [0.29, 0.717) is 31.6 Å². The van der Waals surface area contributed by atoms with E-state index in [9.17, 15) is 43.2 Å². The van der Waals surface area contributed by atoms with Crippen LogP contribution >= 0.6 is 15.6 Å². The summed E-state index contributed by atoms with van der Waals surface area (Å²) in [5.41, 5.74) is 0. The van der Waals surface area contributed by atoms with Crippen LogP contribution in [0.5, 0.6) is 0 Å². The van der Waals surface area contributed by atoms with Crippen molar-refractivity contribution < 1.29 is 80.2 Å². The quantitative estimate of drug-likeness (QED) is 0.0222. The SMILES string of the molecule is CCCCCCCC(=O)OC[C@H](COP(=O)(O)OC[C@H](O)COP(=O)(O)OC[C@@H](COC(=O)CCCCCCCCCCCCC(C)C)OC(=O)CCCCCCCCCCCCC(C)CC)OC(=O)CCCCCCCCC(C)C. The zero-order valence-corrected chi connectivity index (χ0v) is 54.0. The summed E-state index contributed by atoms with van der Waals surface area (Å²) in [6.07, 6.45) is 33.9. The Morgan fingerprint density at radius 1 is 0.358 bits per heavy atom. The fourth-order valence-corrected chi connectivity index (χ4v) is 10.7. The summed E-state index contributed by atoms with van der Waals surface area (Å²) in [7, 11) is -9.88. The van der Waals surface area contributed by atoms with Gasteiger partial charge in [-0.3, -0.25) is 37.3 Å². The number of phosphoric acid groups is 2. The first-order chi connectivity index (χ1) is 38.8. The first kappa shape index (κ1) is 79.1. The number of rotatable bonds is 60. The van der Waals surface area contributed by atoms with Crippen LogP contribution in [-0.4, -0.2) is 96.7 Å². The lowest BCUT2D eigenvalue weighted by molar-refractivity contribution is -0.161. The zero-order chi connectivity index (χ0) is 60.3. The van der Waals surface area contributed by atoms with Crippen molar-refractivity contribution in [3.63, 3.8) is 0 Å². The van der Waals surface area contributed by atoms with E-state index < -0.39 is 97.5 Å². The Morgan fingerprint density at radius 2 is 0.630 bits per heavy atom. The van der Waals surface area contributed by atoms with Gasteiger partial charge in [-0.15, -0.1) is 0 Å². The van der Waals surface area contributed by atoms with Crippen LogP contribution in [0.2, 0.25) is 0 Å². The van der Waals surface area contributed by atoms with Gasteiger partial charge in [0.1, 0.15) is 19.3 Å². The van der Waals surface area contributed by atoms with E-state index in [-0.39, 0.29) is 25.7 Å². The van der Waals surface area contributed by atoms with Gasteiger partial charge in [0.2, 0.25) is 0 Å². The van der Waals surface area contributed by atoms with Crippen LogP contribution in [0.4, 0.5) is 0 Å². The van der Waals surface area contributed by atoms with Crippen molar-refractivity contribution in [1.82, 2.24) is 0 Å². The molecule has 0 radical (unpaired) electrons. The molecule has 0 spiro atoms. The second-order valence-corrected chi connectivity index (χ2v) is 26.5. The van der Waals surface area contributed by atoms with E-state index in [0.717, 1.165) is 108 Å². The zero-order valence-electron chi connectivity index (χ0n) is 52.2. The third-order valence-electron chi connectivity index (χ3n) is 14.5. The molecule has 0 fully saturated rings. The largest absolute Gasteiger partial charge is 0.472 e. The molecule has 0 aliphatic heterocycles. The van der Waals surface area contributed by atoms with Gasteiger partial charge >= 0.3 is 39.5 Å². The van der Waals surface area contributed by atoms with E-state index in [2.05, 4.69) is 48.5 Å². The Hall–Kier alpha value is -1.94. The van der Waals surface area contributed by atoms with Crippen molar-refractivity contribution in [1.29, 1.82) is 0 Å². The average Bonchev–Trinajstić information content (AvgIpc) is 3.42. The standard InChI is InChI=1S/C62H120O17P2/c1-8-10-11-26-36-43-59(64)72-49-57(79-62(67)46-39-32-25-24-28-34-41-54(5)6)51-76-80(68,69)74-47-56(63)48-75-81(70,71)77-52-58(50-73-60(65)44-37-30-22-18-14-12-16-20-27-33-40-53(3)4)78-61(66)45-38-31-23-19-15-13-17-21-29-35-42-55(7)9-2/h53-58,63H,8-52H2,1-7H3,(H,68,69)(H,70,71)/t55?,56-,57+,58+/m0/s1. The molecule has 480 valence electrons. The Kier molecular flexibility index (Phi) is 52.2. The Bertz CT molecular complexity index is 1620. The Labute approximate surface area is 492 Å². The number of ether oxygens (including phenoxy) is 4. The minimum Gasteiger partial charge on any atom is -0.462 e. The third-order valence-corrected chi connectivity index (χ3v) is 16.4. The maximum atomic E-state index is 13.0.